The molecule has 168 valence electrons. The molecule has 1 saturated heterocycles. The molecule has 0 bridgehead atoms. The first-order chi connectivity index (χ1) is 15.8. The minimum Gasteiger partial charge on any atom is -0.335 e. The van der Waals surface area contributed by atoms with Crippen molar-refractivity contribution in [3.8, 4) is 0 Å². The average molecular weight is 485 g/mol. The van der Waals surface area contributed by atoms with Crippen molar-refractivity contribution in [1.82, 2.24) is 9.80 Å². The van der Waals surface area contributed by atoms with Crippen molar-refractivity contribution in [2.45, 2.75) is 0 Å². The van der Waals surface area contributed by atoms with Crippen LogP contribution in [0.5, 0.6) is 0 Å². The molecule has 1 aliphatic heterocycles. The third-order valence-electron chi connectivity index (χ3n) is 5.52. The lowest BCUT2D eigenvalue weighted by Gasteiger charge is -2.35. The zero-order chi connectivity index (χ0) is 23.5. The molecule has 0 atom stereocenters. The summed E-state index contributed by atoms with van der Waals surface area (Å²) in [6.45, 7) is 1.00. The molecule has 3 aromatic carbocycles. The number of hydrogen-bond acceptors (Lipinski definition) is 3. The molecular weight excluding hydrogens is 466 g/mol. The van der Waals surface area contributed by atoms with Gasteiger partial charge in [0.25, 0.3) is 11.8 Å². The fourth-order valence-electron chi connectivity index (χ4n) is 3.74. The highest BCUT2D eigenvalue weighted by molar-refractivity contribution is 6.31. The fraction of sp³-hybridized carbons (Fsp3) is 0.160. The lowest BCUT2D eigenvalue weighted by Crippen LogP contribution is -2.51. The van der Waals surface area contributed by atoms with Gasteiger partial charge >= 0.3 is 0 Å². The number of nitrogens with zero attached hydrogens (tertiary/aromatic N) is 2. The largest absolute Gasteiger partial charge is 0.335 e. The lowest BCUT2D eigenvalue weighted by atomic mass is 9.97. The maximum atomic E-state index is 14.1. The van der Waals surface area contributed by atoms with E-state index in [4.69, 9.17) is 23.2 Å². The first-order valence-corrected chi connectivity index (χ1v) is 11.0. The molecule has 1 fully saturated rings. The van der Waals surface area contributed by atoms with Crippen LogP contribution in [-0.4, -0.2) is 53.6 Å². The molecule has 0 saturated carbocycles. The normalized spacial score (nSPS) is 13.7. The van der Waals surface area contributed by atoms with Gasteiger partial charge < -0.3 is 9.80 Å². The highest BCUT2D eigenvalue weighted by atomic mass is 35.5. The van der Waals surface area contributed by atoms with Gasteiger partial charge in [0.05, 0.1) is 11.1 Å². The van der Waals surface area contributed by atoms with Crippen LogP contribution in [-0.2, 0) is 0 Å². The van der Waals surface area contributed by atoms with Crippen molar-refractivity contribution in [2.24, 2.45) is 0 Å². The van der Waals surface area contributed by atoms with Gasteiger partial charge in [-0.3, -0.25) is 14.4 Å². The number of carbonyl (C=O) groups excluding carboxylic acids is 3. The van der Waals surface area contributed by atoms with Crippen LogP contribution in [0.3, 0.4) is 0 Å². The monoisotopic (exact) mass is 484 g/mol. The van der Waals surface area contributed by atoms with Crippen molar-refractivity contribution < 1.29 is 18.8 Å². The van der Waals surface area contributed by atoms with E-state index in [1.807, 2.05) is 0 Å². The van der Waals surface area contributed by atoms with E-state index in [2.05, 4.69) is 0 Å². The first-order valence-electron chi connectivity index (χ1n) is 10.3. The standard InChI is InChI=1S/C25H19Cl2FN2O3/c26-17-7-5-16(6-8-17)23(31)19-3-1-2-4-20(19)24(32)29-11-13-30(14-12-29)25(33)21-15-18(27)9-10-22(21)28/h1-10,15H,11-14H2. The Bertz CT molecular complexity index is 1220. The third kappa shape index (κ3) is 4.92. The van der Waals surface area contributed by atoms with Gasteiger partial charge in [-0.25, -0.2) is 4.39 Å². The lowest BCUT2D eigenvalue weighted by molar-refractivity contribution is 0.0532. The maximum Gasteiger partial charge on any atom is 0.257 e. The maximum absolute atomic E-state index is 14.1. The molecule has 0 aliphatic carbocycles. The Labute approximate surface area is 200 Å². The molecule has 3 aromatic rings. The van der Waals surface area contributed by atoms with Crippen molar-refractivity contribution in [2.75, 3.05) is 26.2 Å². The Morgan fingerprint density at radius 1 is 0.667 bits per heavy atom. The Morgan fingerprint density at radius 3 is 1.79 bits per heavy atom. The van der Waals surface area contributed by atoms with Gasteiger partial charge in [-0.2, -0.15) is 0 Å². The van der Waals surface area contributed by atoms with Crippen LogP contribution in [0.15, 0.2) is 66.7 Å². The molecule has 0 N–H and O–H groups in total. The summed E-state index contributed by atoms with van der Waals surface area (Å²) in [6, 6.07) is 17.0. The molecule has 0 spiro atoms. The van der Waals surface area contributed by atoms with Gasteiger partial charge in [-0.05, 0) is 48.5 Å². The summed E-state index contributed by atoms with van der Waals surface area (Å²) in [5.74, 6) is -1.69. The zero-order valence-electron chi connectivity index (χ0n) is 17.4. The number of rotatable bonds is 4. The number of piperazine rings is 1. The van der Waals surface area contributed by atoms with Crippen LogP contribution in [0.1, 0.15) is 36.6 Å². The molecule has 0 unspecified atom stereocenters. The van der Waals surface area contributed by atoms with E-state index < -0.39 is 11.7 Å². The summed E-state index contributed by atoms with van der Waals surface area (Å²) in [4.78, 5) is 42.0. The van der Waals surface area contributed by atoms with Crippen LogP contribution < -0.4 is 0 Å². The van der Waals surface area contributed by atoms with Gasteiger partial charge in [0, 0.05) is 47.4 Å². The predicted molar refractivity (Wildman–Crippen MR) is 125 cm³/mol. The summed E-state index contributed by atoms with van der Waals surface area (Å²) in [5, 5.41) is 0.788. The highest BCUT2D eigenvalue weighted by Crippen LogP contribution is 2.21. The summed E-state index contributed by atoms with van der Waals surface area (Å²) in [6.07, 6.45) is 0. The molecule has 1 aliphatic rings. The third-order valence-corrected chi connectivity index (χ3v) is 6.01. The van der Waals surface area contributed by atoms with Gasteiger partial charge in [-0.15, -0.1) is 0 Å². The molecule has 1 heterocycles. The number of halogens is 3. The molecule has 2 amide bonds. The summed E-state index contributed by atoms with van der Waals surface area (Å²) in [5.41, 5.74) is 0.919. The number of hydrogen-bond donors (Lipinski definition) is 0. The minimum atomic E-state index is -0.641. The van der Waals surface area contributed by atoms with Crippen molar-refractivity contribution in [3.63, 3.8) is 0 Å². The zero-order valence-corrected chi connectivity index (χ0v) is 18.9. The Kier molecular flexibility index (Phi) is 6.77. The smallest absolute Gasteiger partial charge is 0.257 e. The first kappa shape index (κ1) is 23.0. The fourth-order valence-corrected chi connectivity index (χ4v) is 4.04. The van der Waals surface area contributed by atoms with Crippen LogP contribution in [0.2, 0.25) is 10.0 Å². The van der Waals surface area contributed by atoms with E-state index in [9.17, 15) is 18.8 Å². The number of carbonyl (C=O) groups is 3. The molecule has 5 nitrogen and oxygen atoms in total. The predicted octanol–water partition coefficient (Wildman–Crippen LogP) is 4.96. The molecule has 0 radical (unpaired) electrons. The Morgan fingerprint density at radius 2 is 1.18 bits per heavy atom. The molecule has 4 rings (SSSR count). The van der Waals surface area contributed by atoms with Crippen LogP contribution in [0, 0.1) is 5.82 Å². The van der Waals surface area contributed by atoms with Gasteiger partial charge in [-0.1, -0.05) is 41.4 Å². The van der Waals surface area contributed by atoms with Crippen molar-refractivity contribution in [1.29, 1.82) is 0 Å². The topological polar surface area (TPSA) is 57.7 Å². The van der Waals surface area contributed by atoms with Crippen LogP contribution >= 0.6 is 23.2 Å². The van der Waals surface area contributed by atoms with Gasteiger partial charge in [0.15, 0.2) is 5.78 Å². The summed E-state index contributed by atoms with van der Waals surface area (Å²) < 4.78 is 14.1. The van der Waals surface area contributed by atoms with E-state index in [0.29, 0.717) is 16.1 Å². The number of benzene rings is 3. The van der Waals surface area contributed by atoms with Crippen molar-refractivity contribution >= 4 is 40.8 Å². The van der Waals surface area contributed by atoms with Gasteiger partial charge in [0.2, 0.25) is 0 Å². The van der Waals surface area contributed by atoms with E-state index >= 15 is 0 Å². The van der Waals surface area contributed by atoms with Crippen LogP contribution in [0.4, 0.5) is 4.39 Å². The molecule has 8 heteroatoms. The quantitative estimate of drug-likeness (QED) is 0.491. The average Bonchev–Trinajstić information content (AvgIpc) is 2.85. The number of amides is 2. The second-order valence-corrected chi connectivity index (χ2v) is 8.46. The molecule has 33 heavy (non-hydrogen) atoms. The van der Waals surface area contributed by atoms with E-state index in [1.165, 1.54) is 17.0 Å². The number of ketones is 1. The van der Waals surface area contributed by atoms with E-state index in [1.54, 1.807) is 53.4 Å². The Balaban J connectivity index is 1.48. The van der Waals surface area contributed by atoms with Crippen LogP contribution in [0.25, 0.3) is 0 Å². The van der Waals surface area contributed by atoms with E-state index in [-0.39, 0.29) is 54.0 Å². The minimum absolute atomic E-state index is 0.0961. The molecular formula is C25H19Cl2FN2O3. The summed E-state index contributed by atoms with van der Waals surface area (Å²) >= 11 is 11.8. The molecule has 0 aromatic heterocycles. The van der Waals surface area contributed by atoms with E-state index in [0.717, 1.165) is 6.07 Å². The highest BCUT2D eigenvalue weighted by Gasteiger charge is 2.28. The summed E-state index contributed by atoms with van der Waals surface area (Å²) in [7, 11) is 0. The van der Waals surface area contributed by atoms with Crippen molar-refractivity contribution in [3.05, 3.63) is 105 Å². The SMILES string of the molecule is O=C(c1ccc(Cl)cc1)c1ccccc1C(=O)N1CCN(C(=O)c2cc(Cl)ccc2F)CC1. The second-order valence-electron chi connectivity index (χ2n) is 7.59. The van der Waals surface area contributed by atoms with Gasteiger partial charge in [0.1, 0.15) is 5.82 Å². The second kappa shape index (κ2) is 9.73. The Hall–Kier alpha value is -3.22.